The molecule has 1 saturated heterocycles. The molecule has 9 heteroatoms. The van der Waals surface area contributed by atoms with Crippen LogP contribution in [0.15, 0.2) is 10.5 Å². The number of nitrogens with one attached hydrogen (secondary N) is 1. The summed E-state index contributed by atoms with van der Waals surface area (Å²) in [5.74, 6) is 2.72. The first-order valence-corrected chi connectivity index (χ1v) is 5.60. The Labute approximate surface area is 113 Å². The largest absolute Gasteiger partial charge is 0.454 e. The van der Waals surface area contributed by atoms with Gasteiger partial charge in [-0.25, -0.2) is 15.5 Å². The van der Waals surface area contributed by atoms with Crippen LogP contribution in [0.3, 0.4) is 0 Å². The zero-order valence-corrected chi connectivity index (χ0v) is 10.8. The van der Waals surface area contributed by atoms with E-state index < -0.39 is 23.8 Å². The Bertz CT molecular complexity index is 620. The summed E-state index contributed by atoms with van der Waals surface area (Å²) in [6.45, 7) is 1.38. The molecule has 5 amide bonds. The minimum Gasteiger partial charge on any atom is -0.454 e. The van der Waals surface area contributed by atoms with Crippen LogP contribution >= 0.6 is 0 Å². The molecule has 0 spiro atoms. The highest BCUT2D eigenvalue weighted by Gasteiger charge is 2.42. The van der Waals surface area contributed by atoms with Crippen molar-refractivity contribution < 1.29 is 23.6 Å². The molecule has 2 heterocycles. The van der Waals surface area contributed by atoms with Gasteiger partial charge in [-0.05, 0) is 13.0 Å². The second-order valence-corrected chi connectivity index (χ2v) is 4.24. The average Bonchev–Trinajstić information content (AvgIpc) is 2.88. The molecule has 1 aliphatic rings. The van der Waals surface area contributed by atoms with Crippen LogP contribution in [-0.4, -0.2) is 40.6 Å². The van der Waals surface area contributed by atoms with Crippen molar-refractivity contribution in [3.8, 4) is 0 Å². The standard InChI is InChI=1S/C11H12N4O5/c1-5-3-6(20-7(5)8(16)13-12)4-15-10(18)9(17)14(2)11(15)19/h3H,4,12H2,1-2H3,(H,13,16). The summed E-state index contributed by atoms with van der Waals surface area (Å²) in [4.78, 5) is 47.4. The van der Waals surface area contributed by atoms with E-state index in [1.165, 1.54) is 13.1 Å². The van der Waals surface area contributed by atoms with E-state index in [2.05, 4.69) is 0 Å². The lowest BCUT2D eigenvalue weighted by molar-refractivity contribution is -0.143. The zero-order chi connectivity index (χ0) is 15.0. The summed E-state index contributed by atoms with van der Waals surface area (Å²) in [5, 5.41) is 0. The molecule has 0 aliphatic carbocycles. The van der Waals surface area contributed by atoms with E-state index in [9.17, 15) is 19.2 Å². The van der Waals surface area contributed by atoms with Gasteiger partial charge < -0.3 is 4.42 Å². The highest BCUT2D eigenvalue weighted by molar-refractivity contribution is 6.44. The molecular weight excluding hydrogens is 268 g/mol. The Balaban J connectivity index is 2.23. The summed E-state index contributed by atoms with van der Waals surface area (Å²) in [5.41, 5.74) is 2.42. The number of nitrogens with zero attached hydrogens (tertiary/aromatic N) is 2. The number of amides is 5. The van der Waals surface area contributed by atoms with Crippen LogP contribution in [0.4, 0.5) is 4.79 Å². The van der Waals surface area contributed by atoms with Crippen molar-refractivity contribution in [2.45, 2.75) is 13.5 Å². The van der Waals surface area contributed by atoms with Crippen LogP contribution in [0.1, 0.15) is 21.9 Å². The van der Waals surface area contributed by atoms with Gasteiger partial charge in [-0.1, -0.05) is 0 Å². The SMILES string of the molecule is Cc1cc(CN2C(=O)C(=O)N(C)C2=O)oc1C(=O)NN. The number of carbonyl (C=O) groups excluding carboxylic acids is 4. The smallest absolute Gasteiger partial charge is 0.334 e. The van der Waals surface area contributed by atoms with Crippen molar-refractivity contribution in [3.63, 3.8) is 0 Å². The summed E-state index contributed by atoms with van der Waals surface area (Å²) in [6, 6.07) is 0.757. The fourth-order valence-corrected chi connectivity index (χ4v) is 1.83. The third kappa shape index (κ3) is 2.03. The number of hydrazine groups is 1. The Morgan fingerprint density at radius 1 is 1.35 bits per heavy atom. The fourth-order valence-electron chi connectivity index (χ4n) is 1.83. The molecule has 9 nitrogen and oxygen atoms in total. The number of carbonyl (C=O) groups is 4. The molecular formula is C11H12N4O5. The maximum atomic E-state index is 11.7. The van der Waals surface area contributed by atoms with Crippen LogP contribution in [0.2, 0.25) is 0 Å². The molecule has 1 aromatic rings. The van der Waals surface area contributed by atoms with Gasteiger partial charge in [0.25, 0.3) is 0 Å². The lowest BCUT2D eigenvalue weighted by Gasteiger charge is -2.10. The number of aryl methyl sites for hydroxylation is 1. The first-order chi connectivity index (χ1) is 9.36. The minimum absolute atomic E-state index is 0.0127. The number of urea groups is 1. The lowest BCUT2D eigenvalue weighted by Crippen LogP contribution is -2.31. The lowest BCUT2D eigenvalue weighted by atomic mass is 10.2. The number of imide groups is 2. The summed E-state index contributed by atoms with van der Waals surface area (Å²) in [6.07, 6.45) is 0. The number of rotatable bonds is 3. The molecule has 3 N–H and O–H groups in total. The molecule has 1 aromatic heterocycles. The maximum Gasteiger partial charge on any atom is 0.334 e. The van der Waals surface area contributed by atoms with Gasteiger partial charge in [0.05, 0.1) is 6.54 Å². The molecule has 0 unspecified atom stereocenters. The predicted octanol–water partition coefficient (Wildman–Crippen LogP) is -0.888. The van der Waals surface area contributed by atoms with Crippen LogP contribution in [0.25, 0.3) is 0 Å². The maximum absolute atomic E-state index is 11.7. The van der Waals surface area contributed by atoms with Gasteiger partial charge in [-0.3, -0.25) is 24.7 Å². The Kier molecular flexibility index (Phi) is 3.28. The van der Waals surface area contributed by atoms with E-state index in [4.69, 9.17) is 10.3 Å². The van der Waals surface area contributed by atoms with Gasteiger partial charge in [0, 0.05) is 12.6 Å². The summed E-state index contributed by atoms with van der Waals surface area (Å²) in [7, 11) is 1.21. The molecule has 106 valence electrons. The van der Waals surface area contributed by atoms with E-state index >= 15 is 0 Å². The fraction of sp³-hybridized carbons (Fsp3) is 0.273. The van der Waals surface area contributed by atoms with Crippen molar-refractivity contribution in [3.05, 3.63) is 23.2 Å². The van der Waals surface area contributed by atoms with Crippen LogP contribution in [0, 0.1) is 6.92 Å². The molecule has 0 saturated carbocycles. The summed E-state index contributed by atoms with van der Waals surface area (Å²) >= 11 is 0. The molecule has 0 atom stereocenters. The van der Waals surface area contributed by atoms with Crippen molar-refractivity contribution in [2.24, 2.45) is 5.84 Å². The monoisotopic (exact) mass is 280 g/mol. The molecule has 0 bridgehead atoms. The third-order valence-corrected chi connectivity index (χ3v) is 2.87. The van der Waals surface area contributed by atoms with E-state index in [0.717, 1.165) is 4.90 Å². The van der Waals surface area contributed by atoms with Gasteiger partial charge in [-0.2, -0.15) is 0 Å². The number of hydrogen-bond acceptors (Lipinski definition) is 6. The van der Waals surface area contributed by atoms with Gasteiger partial charge in [0.15, 0.2) is 5.76 Å². The number of nitrogen functional groups attached to an aromatic ring is 1. The van der Waals surface area contributed by atoms with Crippen LogP contribution in [0.5, 0.6) is 0 Å². The molecule has 2 rings (SSSR count). The van der Waals surface area contributed by atoms with Crippen molar-refractivity contribution in [1.82, 2.24) is 15.2 Å². The van der Waals surface area contributed by atoms with Crippen molar-refractivity contribution in [1.29, 1.82) is 0 Å². The Morgan fingerprint density at radius 2 is 2.00 bits per heavy atom. The number of likely N-dealkylation sites (N-methyl/N-ethyl adjacent to an activating group) is 1. The Morgan fingerprint density at radius 3 is 2.50 bits per heavy atom. The van der Waals surface area contributed by atoms with Crippen LogP contribution in [-0.2, 0) is 16.1 Å². The molecule has 1 aliphatic heterocycles. The average molecular weight is 280 g/mol. The minimum atomic E-state index is -0.934. The molecule has 20 heavy (non-hydrogen) atoms. The van der Waals surface area contributed by atoms with Gasteiger partial charge in [-0.15, -0.1) is 0 Å². The topological polar surface area (TPSA) is 126 Å². The van der Waals surface area contributed by atoms with Crippen LogP contribution < -0.4 is 11.3 Å². The van der Waals surface area contributed by atoms with Crippen molar-refractivity contribution >= 4 is 23.8 Å². The number of furan rings is 1. The molecule has 0 radical (unpaired) electrons. The van der Waals surface area contributed by atoms with Gasteiger partial charge in [0.1, 0.15) is 5.76 Å². The predicted molar refractivity (Wildman–Crippen MR) is 63.8 cm³/mol. The quantitative estimate of drug-likeness (QED) is 0.243. The Hall–Kier alpha value is -2.68. The van der Waals surface area contributed by atoms with E-state index in [-0.39, 0.29) is 18.1 Å². The number of nitrogens with two attached hydrogens (primary N) is 1. The first-order valence-electron chi connectivity index (χ1n) is 5.60. The molecule has 0 aromatic carbocycles. The normalized spacial score (nSPS) is 15.2. The first kappa shape index (κ1) is 13.7. The second-order valence-electron chi connectivity index (χ2n) is 4.24. The molecule has 1 fully saturated rings. The van der Waals surface area contributed by atoms with Gasteiger partial charge in [0.2, 0.25) is 0 Å². The second kappa shape index (κ2) is 4.78. The summed E-state index contributed by atoms with van der Waals surface area (Å²) < 4.78 is 5.23. The zero-order valence-electron chi connectivity index (χ0n) is 10.8. The van der Waals surface area contributed by atoms with Gasteiger partial charge >= 0.3 is 23.8 Å². The highest BCUT2D eigenvalue weighted by Crippen LogP contribution is 2.19. The van der Waals surface area contributed by atoms with E-state index in [1.807, 2.05) is 5.43 Å². The van der Waals surface area contributed by atoms with E-state index in [1.54, 1.807) is 6.92 Å². The third-order valence-electron chi connectivity index (χ3n) is 2.87. The highest BCUT2D eigenvalue weighted by atomic mass is 16.4. The van der Waals surface area contributed by atoms with E-state index in [0.29, 0.717) is 10.5 Å². The van der Waals surface area contributed by atoms with Crippen molar-refractivity contribution in [2.75, 3.05) is 7.05 Å². The number of hydrogen-bond donors (Lipinski definition) is 2.